The molecule has 0 aliphatic carbocycles. The average Bonchev–Trinajstić information content (AvgIpc) is 3.45. The largest absolute Gasteiger partial charge is 0.462 e. The van der Waals surface area contributed by atoms with E-state index in [1.165, 1.54) is 161 Å². The third-order valence-electron chi connectivity index (χ3n) is 14.2. The lowest BCUT2D eigenvalue weighted by atomic mass is 10.1. The summed E-state index contributed by atoms with van der Waals surface area (Å²) in [6.07, 6.45) is 90.9. The summed E-state index contributed by atoms with van der Waals surface area (Å²) < 4.78 is 17.0. The molecule has 0 rings (SSSR count). The van der Waals surface area contributed by atoms with Gasteiger partial charge in [-0.3, -0.25) is 14.4 Å². The molecule has 452 valence electrons. The molecule has 0 saturated heterocycles. The number of unbranched alkanes of at least 4 members (excludes halogenated alkanes) is 31. The molecule has 6 heteroatoms. The summed E-state index contributed by atoms with van der Waals surface area (Å²) in [4.78, 5) is 38.4. The Balaban J connectivity index is 4.42. The van der Waals surface area contributed by atoms with Crippen LogP contribution in [0.4, 0.5) is 0 Å². The Morgan fingerprint density at radius 2 is 0.494 bits per heavy atom. The second-order valence-corrected chi connectivity index (χ2v) is 22.0. The zero-order valence-electron chi connectivity index (χ0n) is 51.9. The molecule has 0 N–H and O–H groups in total. The van der Waals surface area contributed by atoms with Crippen LogP contribution >= 0.6 is 0 Å². The smallest absolute Gasteiger partial charge is 0.306 e. The van der Waals surface area contributed by atoms with Crippen molar-refractivity contribution in [1.82, 2.24) is 0 Å². The maximum atomic E-state index is 12.9. The number of carbonyl (C=O) groups is 3. The van der Waals surface area contributed by atoms with Gasteiger partial charge in [0.05, 0.1) is 0 Å². The highest BCUT2D eigenvalue weighted by atomic mass is 16.6. The van der Waals surface area contributed by atoms with Crippen LogP contribution in [0.15, 0.2) is 109 Å². The fourth-order valence-electron chi connectivity index (χ4n) is 9.24. The second kappa shape index (κ2) is 66.6. The van der Waals surface area contributed by atoms with Gasteiger partial charge in [0.2, 0.25) is 0 Å². The number of hydrogen-bond donors (Lipinski definition) is 0. The molecule has 0 saturated carbocycles. The molecule has 1 atom stereocenters. The van der Waals surface area contributed by atoms with Crippen molar-refractivity contribution in [2.75, 3.05) is 13.2 Å². The Hall–Kier alpha value is -3.93. The average molecular weight is 1100 g/mol. The molecule has 6 nitrogen and oxygen atoms in total. The summed E-state index contributed by atoms with van der Waals surface area (Å²) in [5.74, 6) is -0.900. The van der Waals surface area contributed by atoms with E-state index in [0.717, 1.165) is 116 Å². The van der Waals surface area contributed by atoms with Crippen LogP contribution in [0, 0.1) is 0 Å². The first-order valence-electron chi connectivity index (χ1n) is 33.4. The fraction of sp³-hybridized carbons (Fsp3) is 0.712. The number of esters is 3. The standard InChI is InChI=1S/C73H124O6/c1-4-7-10-13-16-19-22-25-28-31-33-34-35-36-37-38-40-42-45-48-51-54-57-60-63-66-72(75)78-69-70(68-77-71(74)65-62-59-56-53-50-47-44-41-30-27-24-21-18-15-12-9-6-3)79-73(76)67-64-61-58-55-52-49-46-43-39-32-29-26-23-20-17-14-11-8-5-2/h7,10,16-17,19-20,25-30,33-34,36-37,40,42,70H,4-6,8-9,11-15,18,21-24,31-32,35,38-39,41,43-69H2,1-3H3/b10-7-,19-16-,20-17-,28-25-,29-26-,30-27-,34-33-,37-36-,42-40-. The van der Waals surface area contributed by atoms with Gasteiger partial charge in [0.25, 0.3) is 0 Å². The summed E-state index contributed by atoms with van der Waals surface area (Å²) >= 11 is 0. The van der Waals surface area contributed by atoms with Gasteiger partial charge >= 0.3 is 17.9 Å². The summed E-state index contributed by atoms with van der Waals surface area (Å²) in [7, 11) is 0. The van der Waals surface area contributed by atoms with Crippen molar-refractivity contribution >= 4 is 17.9 Å². The lowest BCUT2D eigenvalue weighted by molar-refractivity contribution is -0.167. The highest BCUT2D eigenvalue weighted by Gasteiger charge is 2.19. The molecule has 0 radical (unpaired) electrons. The van der Waals surface area contributed by atoms with Gasteiger partial charge in [-0.15, -0.1) is 0 Å². The van der Waals surface area contributed by atoms with Crippen LogP contribution in [0.2, 0.25) is 0 Å². The van der Waals surface area contributed by atoms with Gasteiger partial charge < -0.3 is 14.2 Å². The van der Waals surface area contributed by atoms with Crippen LogP contribution in [0.5, 0.6) is 0 Å². The van der Waals surface area contributed by atoms with Gasteiger partial charge in [0.15, 0.2) is 6.10 Å². The van der Waals surface area contributed by atoms with E-state index in [1.54, 1.807) is 0 Å². The third kappa shape index (κ3) is 64.8. The topological polar surface area (TPSA) is 78.9 Å². The van der Waals surface area contributed by atoms with Crippen molar-refractivity contribution < 1.29 is 28.6 Å². The Labute approximate surface area is 489 Å². The monoisotopic (exact) mass is 1100 g/mol. The zero-order valence-corrected chi connectivity index (χ0v) is 51.9. The van der Waals surface area contributed by atoms with Gasteiger partial charge in [0, 0.05) is 19.3 Å². The van der Waals surface area contributed by atoms with Crippen LogP contribution in [0.25, 0.3) is 0 Å². The lowest BCUT2D eigenvalue weighted by Crippen LogP contribution is -2.30. The van der Waals surface area contributed by atoms with E-state index < -0.39 is 6.10 Å². The highest BCUT2D eigenvalue weighted by molar-refractivity contribution is 5.71. The Kier molecular flexibility index (Phi) is 63.3. The molecule has 0 amide bonds. The SMILES string of the molecule is CC/C=C\C/C=C\C/C=C\C/C=C\C/C=C\C/C=C\CCCCCCCCC(=O)OCC(COC(=O)CCCCCCCCC/C=C\CCCCCCCC)OC(=O)CCCCCCCCCCC/C=C\C/C=C\CCCCC. The third-order valence-corrected chi connectivity index (χ3v) is 14.2. The molecule has 79 heavy (non-hydrogen) atoms. The maximum absolute atomic E-state index is 12.9. The summed E-state index contributed by atoms with van der Waals surface area (Å²) in [5, 5.41) is 0. The first-order chi connectivity index (χ1) is 39.0. The molecule has 0 bridgehead atoms. The second-order valence-electron chi connectivity index (χ2n) is 22.0. The number of allylic oxidation sites excluding steroid dienone is 18. The van der Waals surface area contributed by atoms with Crippen molar-refractivity contribution in [2.45, 2.75) is 322 Å². The Morgan fingerprint density at radius 1 is 0.266 bits per heavy atom. The van der Waals surface area contributed by atoms with Gasteiger partial charge in [-0.05, 0) is 128 Å². The first kappa shape index (κ1) is 75.1. The van der Waals surface area contributed by atoms with E-state index in [-0.39, 0.29) is 31.1 Å². The first-order valence-corrected chi connectivity index (χ1v) is 33.4. The van der Waals surface area contributed by atoms with Crippen molar-refractivity contribution in [1.29, 1.82) is 0 Å². The fourth-order valence-corrected chi connectivity index (χ4v) is 9.24. The molecule has 0 fully saturated rings. The summed E-state index contributed by atoms with van der Waals surface area (Å²) in [6.45, 7) is 6.51. The number of rotatable bonds is 60. The molecule has 0 heterocycles. The number of carbonyl (C=O) groups excluding carboxylic acids is 3. The molecular formula is C73H124O6. The van der Waals surface area contributed by atoms with E-state index in [9.17, 15) is 14.4 Å². The minimum atomic E-state index is -0.792. The van der Waals surface area contributed by atoms with E-state index in [1.807, 2.05) is 0 Å². The van der Waals surface area contributed by atoms with E-state index in [4.69, 9.17) is 14.2 Å². The van der Waals surface area contributed by atoms with Crippen molar-refractivity contribution in [3.63, 3.8) is 0 Å². The van der Waals surface area contributed by atoms with E-state index in [0.29, 0.717) is 19.3 Å². The zero-order chi connectivity index (χ0) is 57.1. The minimum absolute atomic E-state index is 0.0867. The Morgan fingerprint density at radius 3 is 0.810 bits per heavy atom. The van der Waals surface area contributed by atoms with Crippen molar-refractivity contribution in [2.24, 2.45) is 0 Å². The molecule has 0 aromatic rings. The molecule has 0 aliphatic rings. The minimum Gasteiger partial charge on any atom is -0.462 e. The van der Waals surface area contributed by atoms with Crippen LogP contribution in [-0.2, 0) is 28.6 Å². The van der Waals surface area contributed by atoms with Gasteiger partial charge in [0.1, 0.15) is 13.2 Å². The number of ether oxygens (including phenoxy) is 3. The van der Waals surface area contributed by atoms with Crippen molar-refractivity contribution in [3.8, 4) is 0 Å². The molecule has 1 unspecified atom stereocenters. The normalized spacial score (nSPS) is 12.8. The lowest BCUT2D eigenvalue weighted by Gasteiger charge is -2.18. The van der Waals surface area contributed by atoms with Gasteiger partial charge in [-0.2, -0.15) is 0 Å². The highest BCUT2D eigenvalue weighted by Crippen LogP contribution is 2.16. The molecule has 0 aliphatic heterocycles. The van der Waals surface area contributed by atoms with E-state index >= 15 is 0 Å². The predicted molar refractivity (Wildman–Crippen MR) is 343 cm³/mol. The molecular weight excluding hydrogens is 973 g/mol. The van der Waals surface area contributed by atoms with E-state index in [2.05, 4.69) is 130 Å². The predicted octanol–water partition coefficient (Wildman–Crippen LogP) is 23.0. The molecule has 0 spiro atoms. The number of hydrogen-bond acceptors (Lipinski definition) is 6. The summed E-state index contributed by atoms with van der Waals surface area (Å²) in [5.41, 5.74) is 0. The van der Waals surface area contributed by atoms with Crippen LogP contribution < -0.4 is 0 Å². The van der Waals surface area contributed by atoms with Crippen molar-refractivity contribution in [3.05, 3.63) is 109 Å². The Bertz CT molecular complexity index is 1590. The molecule has 0 aromatic carbocycles. The summed E-state index contributed by atoms with van der Waals surface area (Å²) in [6, 6.07) is 0. The van der Waals surface area contributed by atoms with Crippen LogP contribution in [-0.4, -0.2) is 37.2 Å². The maximum Gasteiger partial charge on any atom is 0.306 e. The molecule has 0 aromatic heterocycles. The van der Waals surface area contributed by atoms with Gasteiger partial charge in [-0.1, -0.05) is 278 Å². The van der Waals surface area contributed by atoms with Crippen LogP contribution in [0.3, 0.4) is 0 Å². The quantitative estimate of drug-likeness (QED) is 0.0261. The van der Waals surface area contributed by atoms with Crippen LogP contribution in [0.1, 0.15) is 316 Å². The van der Waals surface area contributed by atoms with Gasteiger partial charge in [-0.25, -0.2) is 0 Å².